The Kier molecular flexibility index (Phi) is 3.56. The Balaban J connectivity index is 1.47. The van der Waals surface area contributed by atoms with Crippen LogP contribution >= 0.6 is 0 Å². The van der Waals surface area contributed by atoms with E-state index in [1.165, 1.54) is 6.42 Å². The Labute approximate surface area is 143 Å². The molecule has 5 fully saturated rings. The highest BCUT2D eigenvalue weighted by molar-refractivity contribution is 6.53. The van der Waals surface area contributed by atoms with E-state index in [-0.39, 0.29) is 31.1 Å². The average Bonchev–Trinajstić information content (AvgIpc) is 3.22. The van der Waals surface area contributed by atoms with Crippen molar-refractivity contribution in [2.24, 2.45) is 23.2 Å². The van der Waals surface area contributed by atoms with Crippen LogP contribution in [0.2, 0.25) is 0 Å². The molecule has 1 unspecified atom stereocenters. The lowest BCUT2D eigenvalue weighted by molar-refractivity contribution is -0.161. The monoisotopic (exact) mass is 335 g/mol. The average molecular weight is 335 g/mol. The summed E-state index contributed by atoms with van der Waals surface area (Å²) in [5.74, 6) is 1.12. The molecule has 0 radical (unpaired) electrons. The molecule has 132 valence electrons. The molecule has 6 nitrogen and oxygen atoms in total. The van der Waals surface area contributed by atoms with Gasteiger partial charge in [0.05, 0.1) is 19.7 Å². The van der Waals surface area contributed by atoms with Crippen LogP contribution in [0.5, 0.6) is 0 Å². The van der Waals surface area contributed by atoms with Gasteiger partial charge in [0.1, 0.15) is 0 Å². The molecule has 5 rings (SSSR count). The maximum Gasteiger partial charge on any atom is 0.635 e. The Bertz CT molecular complexity index is 555. The van der Waals surface area contributed by atoms with Crippen molar-refractivity contribution in [3.63, 3.8) is 0 Å². The molecular weight excluding hydrogens is 309 g/mol. The van der Waals surface area contributed by atoms with Crippen molar-refractivity contribution in [3.8, 4) is 0 Å². The molecule has 3 saturated carbocycles. The number of carbonyl (C=O) groups is 2. The summed E-state index contributed by atoms with van der Waals surface area (Å²) in [6.45, 7) is 9.47. The Hall–Kier alpha value is -1.08. The van der Waals surface area contributed by atoms with Crippen molar-refractivity contribution in [2.75, 3.05) is 19.7 Å². The van der Waals surface area contributed by atoms with Gasteiger partial charge in [0.25, 0.3) is 0 Å². The zero-order valence-corrected chi connectivity index (χ0v) is 14.9. The van der Waals surface area contributed by atoms with E-state index in [9.17, 15) is 9.59 Å². The first-order chi connectivity index (χ1) is 11.2. The number of hydrogen-bond donors (Lipinski definition) is 0. The highest BCUT2D eigenvalue weighted by Crippen LogP contribution is 2.62. The van der Waals surface area contributed by atoms with E-state index in [4.69, 9.17) is 14.0 Å². The molecular formula is C17H26BNO5. The Morgan fingerprint density at radius 2 is 1.67 bits per heavy atom. The molecule has 0 amide bonds. The fourth-order valence-corrected chi connectivity index (χ4v) is 5.06. The fraction of sp³-hybridized carbons (Fsp3) is 0.882. The number of nitrogens with zero attached hydrogens (tertiary/aromatic N) is 1. The van der Waals surface area contributed by atoms with Gasteiger partial charge in [-0.2, -0.15) is 0 Å². The van der Waals surface area contributed by atoms with Crippen LogP contribution in [0.4, 0.5) is 0 Å². The predicted octanol–water partition coefficient (Wildman–Crippen LogP) is 1.28. The highest BCUT2D eigenvalue weighted by Gasteiger charge is 2.61. The summed E-state index contributed by atoms with van der Waals surface area (Å²) in [4.78, 5) is 26.6. The van der Waals surface area contributed by atoms with E-state index in [0.717, 1.165) is 6.42 Å². The lowest BCUT2D eigenvalue weighted by Gasteiger charge is -2.63. The van der Waals surface area contributed by atoms with Crippen molar-refractivity contribution < 1.29 is 23.6 Å². The summed E-state index contributed by atoms with van der Waals surface area (Å²) < 4.78 is 16.0. The molecule has 0 aromatic heterocycles. The minimum atomic E-state index is -0.921. The molecule has 5 atom stereocenters. The molecule has 0 aromatic carbocycles. The minimum absolute atomic E-state index is 0.149. The standard InChI is InChI=1S/C17H26BNO5/c1-10-12-5-11(16(12,2)3)6-13(10)19-7-14(20)23-18(17(4)9-22-17)24-15(21)8-19/h10-13H,5-9H2,1-4H3/t10-,11?,12-,13-,17-/m1/s1. The van der Waals surface area contributed by atoms with Gasteiger partial charge in [-0.15, -0.1) is 0 Å². The van der Waals surface area contributed by atoms with Crippen LogP contribution in [0, 0.1) is 23.2 Å². The summed E-state index contributed by atoms with van der Waals surface area (Å²) in [6.07, 6.45) is 2.31. The van der Waals surface area contributed by atoms with Crippen molar-refractivity contribution in [2.45, 2.75) is 52.1 Å². The third-order valence-corrected chi connectivity index (χ3v) is 7.02. The number of ether oxygens (including phenoxy) is 1. The lowest BCUT2D eigenvalue weighted by Crippen LogP contribution is -2.62. The summed E-state index contributed by atoms with van der Waals surface area (Å²) in [7, 11) is -0.921. The Morgan fingerprint density at radius 1 is 1.08 bits per heavy atom. The molecule has 0 spiro atoms. The van der Waals surface area contributed by atoms with E-state index in [0.29, 0.717) is 29.8 Å². The van der Waals surface area contributed by atoms with Gasteiger partial charge in [-0.05, 0) is 42.9 Å². The number of epoxide rings is 1. The van der Waals surface area contributed by atoms with Crippen LogP contribution in [-0.2, 0) is 23.6 Å². The first-order valence-corrected chi connectivity index (χ1v) is 8.98. The number of hydrogen-bond acceptors (Lipinski definition) is 6. The maximum absolute atomic E-state index is 12.3. The van der Waals surface area contributed by atoms with Gasteiger partial charge in [0.2, 0.25) is 0 Å². The molecule has 5 aliphatic rings. The van der Waals surface area contributed by atoms with Gasteiger partial charge in [0.15, 0.2) is 5.50 Å². The van der Waals surface area contributed by atoms with Crippen LogP contribution in [0.3, 0.4) is 0 Å². The molecule has 2 saturated heterocycles. The molecule has 2 aliphatic heterocycles. The SMILES string of the molecule is C[C@H]1[C@H](N2CC(=O)OB([C@@]3(C)CO3)OC(=O)C2)CC2C[C@H]1C2(C)C. The Morgan fingerprint density at radius 3 is 2.12 bits per heavy atom. The smallest absolute Gasteiger partial charge is 0.496 e. The largest absolute Gasteiger partial charge is 0.635 e. The van der Waals surface area contributed by atoms with Crippen molar-refractivity contribution in [1.82, 2.24) is 4.90 Å². The molecule has 0 aromatic rings. The van der Waals surface area contributed by atoms with Gasteiger partial charge in [-0.1, -0.05) is 20.8 Å². The van der Waals surface area contributed by atoms with Crippen LogP contribution in [0.25, 0.3) is 0 Å². The molecule has 2 heterocycles. The van der Waals surface area contributed by atoms with E-state index in [1.807, 2.05) is 4.90 Å². The van der Waals surface area contributed by atoms with Crippen LogP contribution in [-0.4, -0.2) is 55.2 Å². The first kappa shape index (κ1) is 16.4. The summed E-state index contributed by atoms with van der Waals surface area (Å²) in [6, 6.07) is 0.242. The van der Waals surface area contributed by atoms with E-state index >= 15 is 0 Å². The quantitative estimate of drug-likeness (QED) is 0.559. The van der Waals surface area contributed by atoms with E-state index in [1.54, 1.807) is 6.92 Å². The topological polar surface area (TPSA) is 68.4 Å². The third kappa shape index (κ3) is 2.48. The zero-order chi connectivity index (χ0) is 17.3. The van der Waals surface area contributed by atoms with Crippen molar-refractivity contribution >= 4 is 19.1 Å². The second-order valence-electron chi connectivity index (χ2n) is 8.84. The summed E-state index contributed by atoms with van der Waals surface area (Å²) in [5.41, 5.74) is -0.292. The van der Waals surface area contributed by atoms with Gasteiger partial charge < -0.3 is 14.0 Å². The molecule has 7 heteroatoms. The van der Waals surface area contributed by atoms with Gasteiger partial charge >= 0.3 is 19.1 Å². The summed E-state index contributed by atoms with van der Waals surface area (Å²) in [5, 5.41) is 0. The second kappa shape index (κ2) is 5.21. The van der Waals surface area contributed by atoms with Crippen molar-refractivity contribution in [3.05, 3.63) is 0 Å². The van der Waals surface area contributed by atoms with Gasteiger partial charge in [0, 0.05) is 6.04 Å². The molecule has 24 heavy (non-hydrogen) atoms. The normalized spacial score (nSPS) is 44.8. The van der Waals surface area contributed by atoms with E-state index < -0.39 is 12.6 Å². The number of carbonyl (C=O) groups excluding carboxylic acids is 2. The molecule has 2 bridgehead atoms. The first-order valence-electron chi connectivity index (χ1n) is 8.98. The van der Waals surface area contributed by atoms with Crippen LogP contribution in [0.1, 0.15) is 40.5 Å². The van der Waals surface area contributed by atoms with Gasteiger partial charge in [-0.3, -0.25) is 14.5 Å². The predicted molar refractivity (Wildman–Crippen MR) is 86.8 cm³/mol. The minimum Gasteiger partial charge on any atom is -0.496 e. The van der Waals surface area contributed by atoms with Crippen molar-refractivity contribution in [1.29, 1.82) is 0 Å². The molecule has 0 N–H and O–H groups in total. The second-order valence-corrected chi connectivity index (χ2v) is 8.84. The van der Waals surface area contributed by atoms with Crippen LogP contribution < -0.4 is 0 Å². The van der Waals surface area contributed by atoms with E-state index in [2.05, 4.69) is 20.8 Å². The highest BCUT2D eigenvalue weighted by atomic mass is 16.7. The number of fused-ring (bicyclic) bond motifs is 2. The molecule has 3 aliphatic carbocycles. The maximum atomic E-state index is 12.3. The lowest BCUT2D eigenvalue weighted by atomic mass is 9.44. The third-order valence-electron chi connectivity index (χ3n) is 7.02. The van der Waals surface area contributed by atoms with Gasteiger partial charge in [-0.25, -0.2) is 0 Å². The number of rotatable bonds is 2. The van der Waals surface area contributed by atoms with Crippen LogP contribution in [0.15, 0.2) is 0 Å². The zero-order valence-electron chi connectivity index (χ0n) is 14.9. The fourth-order valence-electron chi connectivity index (χ4n) is 5.06. The summed E-state index contributed by atoms with van der Waals surface area (Å²) >= 11 is 0.